The van der Waals surface area contributed by atoms with Crippen molar-refractivity contribution in [3.05, 3.63) is 78.1 Å². The van der Waals surface area contributed by atoms with Gasteiger partial charge in [0.15, 0.2) is 5.96 Å². The zero-order valence-electron chi connectivity index (χ0n) is 18.2. The van der Waals surface area contributed by atoms with Gasteiger partial charge in [-0.1, -0.05) is 30.3 Å². The van der Waals surface area contributed by atoms with Crippen LogP contribution in [-0.4, -0.2) is 61.0 Å². The molecule has 0 spiro atoms. The number of nitrogens with zero attached hydrogens (tertiary/aromatic N) is 5. The SMILES string of the molecule is CN=C(NCc1ccccc1Cn1cccn1)N1CCN(c2cccc(OC)c2)CC1. The normalized spacial score (nSPS) is 14.6. The number of nitrogens with one attached hydrogen (secondary N) is 1. The predicted octanol–water partition coefficient (Wildman–Crippen LogP) is 2.84. The van der Waals surface area contributed by atoms with Crippen LogP contribution in [0.25, 0.3) is 0 Å². The first-order valence-corrected chi connectivity index (χ1v) is 10.7. The minimum absolute atomic E-state index is 0.736. The number of guanidine groups is 1. The van der Waals surface area contributed by atoms with Gasteiger partial charge in [0, 0.05) is 63.9 Å². The summed E-state index contributed by atoms with van der Waals surface area (Å²) in [6.45, 7) is 5.24. The zero-order valence-corrected chi connectivity index (χ0v) is 18.2. The molecule has 3 aromatic rings. The van der Waals surface area contributed by atoms with Crippen LogP contribution in [0.2, 0.25) is 0 Å². The van der Waals surface area contributed by atoms with Gasteiger partial charge in [-0.3, -0.25) is 9.67 Å². The third kappa shape index (κ3) is 5.17. The average Bonchev–Trinajstić information content (AvgIpc) is 3.34. The Bertz CT molecular complexity index is 993. The number of rotatable bonds is 6. The quantitative estimate of drug-likeness (QED) is 0.493. The van der Waals surface area contributed by atoms with Gasteiger partial charge in [0.2, 0.25) is 0 Å². The molecule has 7 nitrogen and oxygen atoms in total. The van der Waals surface area contributed by atoms with Gasteiger partial charge < -0.3 is 19.9 Å². The molecule has 4 rings (SSSR count). The number of hydrogen-bond donors (Lipinski definition) is 1. The van der Waals surface area contributed by atoms with Crippen molar-refractivity contribution in [2.45, 2.75) is 13.1 Å². The van der Waals surface area contributed by atoms with E-state index in [2.05, 4.69) is 61.6 Å². The van der Waals surface area contributed by atoms with Crippen molar-refractivity contribution in [3.63, 3.8) is 0 Å². The second kappa shape index (κ2) is 10.0. The van der Waals surface area contributed by atoms with Crippen LogP contribution in [0.5, 0.6) is 5.75 Å². The first-order chi connectivity index (χ1) is 15.3. The summed E-state index contributed by atoms with van der Waals surface area (Å²) in [7, 11) is 3.56. The van der Waals surface area contributed by atoms with E-state index in [4.69, 9.17) is 4.74 Å². The van der Waals surface area contributed by atoms with E-state index < -0.39 is 0 Å². The number of methoxy groups -OCH3 is 1. The Balaban J connectivity index is 1.35. The van der Waals surface area contributed by atoms with E-state index in [1.807, 2.05) is 42.3 Å². The molecule has 0 saturated carbocycles. The summed E-state index contributed by atoms with van der Waals surface area (Å²) in [5, 5.41) is 7.89. The lowest BCUT2D eigenvalue weighted by Gasteiger charge is -2.37. The molecule has 1 N–H and O–H groups in total. The molecule has 0 bridgehead atoms. The van der Waals surface area contributed by atoms with Gasteiger partial charge in [-0.25, -0.2) is 0 Å². The Morgan fingerprint density at radius 1 is 1.03 bits per heavy atom. The summed E-state index contributed by atoms with van der Waals surface area (Å²) < 4.78 is 7.32. The molecule has 0 amide bonds. The van der Waals surface area contributed by atoms with Crippen LogP contribution >= 0.6 is 0 Å². The lowest BCUT2D eigenvalue weighted by Crippen LogP contribution is -2.52. The molecule has 2 heterocycles. The molecule has 1 aromatic heterocycles. The summed E-state index contributed by atoms with van der Waals surface area (Å²) in [4.78, 5) is 9.25. The molecule has 31 heavy (non-hydrogen) atoms. The van der Waals surface area contributed by atoms with Crippen molar-refractivity contribution in [1.29, 1.82) is 0 Å². The fourth-order valence-corrected chi connectivity index (χ4v) is 3.94. The van der Waals surface area contributed by atoms with E-state index in [0.29, 0.717) is 0 Å². The average molecular weight is 419 g/mol. The van der Waals surface area contributed by atoms with E-state index in [1.165, 1.54) is 16.8 Å². The van der Waals surface area contributed by atoms with E-state index in [-0.39, 0.29) is 0 Å². The minimum atomic E-state index is 0.736. The van der Waals surface area contributed by atoms with Crippen LogP contribution in [0.15, 0.2) is 72.0 Å². The smallest absolute Gasteiger partial charge is 0.194 e. The lowest BCUT2D eigenvalue weighted by atomic mass is 10.1. The van der Waals surface area contributed by atoms with Gasteiger partial charge in [-0.2, -0.15) is 5.10 Å². The molecule has 2 aromatic carbocycles. The fraction of sp³-hybridized carbons (Fsp3) is 0.333. The first kappa shape index (κ1) is 20.8. The highest BCUT2D eigenvalue weighted by Crippen LogP contribution is 2.22. The highest BCUT2D eigenvalue weighted by atomic mass is 16.5. The fourth-order valence-electron chi connectivity index (χ4n) is 3.94. The largest absolute Gasteiger partial charge is 0.497 e. The van der Waals surface area contributed by atoms with Crippen LogP contribution in [0.3, 0.4) is 0 Å². The lowest BCUT2D eigenvalue weighted by molar-refractivity contribution is 0.371. The summed E-state index contributed by atoms with van der Waals surface area (Å²) in [6.07, 6.45) is 3.80. The molecule has 0 unspecified atom stereocenters. The Morgan fingerprint density at radius 3 is 2.55 bits per heavy atom. The molecule has 0 radical (unpaired) electrons. The van der Waals surface area contributed by atoms with Gasteiger partial charge >= 0.3 is 0 Å². The minimum Gasteiger partial charge on any atom is -0.497 e. The maximum atomic E-state index is 5.37. The number of aliphatic imine (C=N–C) groups is 1. The Labute approximate surface area is 184 Å². The monoisotopic (exact) mass is 418 g/mol. The molecule has 1 fully saturated rings. The van der Waals surface area contributed by atoms with Crippen molar-refractivity contribution < 1.29 is 4.74 Å². The predicted molar refractivity (Wildman–Crippen MR) is 125 cm³/mol. The van der Waals surface area contributed by atoms with Crippen LogP contribution in [0.4, 0.5) is 5.69 Å². The summed E-state index contributed by atoms with van der Waals surface area (Å²) >= 11 is 0. The Morgan fingerprint density at radius 2 is 1.84 bits per heavy atom. The van der Waals surface area contributed by atoms with Gasteiger partial charge in [0.25, 0.3) is 0 Å². The molecule has 0 aliphatic carbocycles. The summed E-state index contributed by atoms with van der Waals surface area (Å²) in [5.74, 6) is 1.84. The second-order valence-electron chi connectivity index (χ2n) is 7.55. The van der Waals surface area contributed by atoms with E-state index in [1.54, 1.807) is 7.11 Å². The highest BCUT2D eigenvalue weighted by Gasteiger charge is 2.20. The molecule has 1 aliphatic heterocycles. The Hall–Kier alpha value is -3.48. The summed E-state index contributed by atoms with van der Waals surface area (Å²) in [5.41, 5.74) is 3.72. The van der Waals surface area contributed by atoms with Gasteiger partial charge in [-0.05, 0) is 29.3 Å². The van der Waals surface area contributed by atoms with Crippen molar-refractivity contribution in [2.75, 3.05) is 45.2 Å². The number of hydrogen-bond acceptors (Lipinski definition) is 4. The number of aromatic nitrogens is 2. The topological polar surface area (TPSA) is 57.9 Å². The zero-order chi connectivity index (χ0) is 21.5. The number of anilines is 1. The third-order valence-electron chi connectivity index (χ3n) is 5.66. The number of piperazine rings is 1. The molecular formula is C24H30N6O. The van der Waals surface area contributed by atoms with E-state index in [9.17, 15) is 0 Å². The van der Waals surface area contributed by atoms with Crippen LogP contribution in [0, 0.1) is 0 Å². The van der Waals surface area contributed by atoms with Crippen molar-refractivity contribution in [3.8, 4) is 5.75 Å². The molecule has 1 aliphatic rings. The van der Waals surface area contributed by atoms with Crippen molar-refractivity contribution in [2.24, 2.45) is 4.99 Å². The molecule has 1 saturated heterocycles. The second-order valence-corrected chi connectivity index (χ2v) is 7.55. The van der Waals surface area contributed by atoms with E-state index in [0.717, 1.165) is 51.0 Å². The number of ether oxygens (including phenoxy) is 1. The van der Waals surface area contributed by atoms with Gasteiger partial charge in [0.1, 0.15) is 5.75 Å². The van der Waals surface area contributed by atoms with Crippen LogP contribution in [0.1, 0.15) is 11.1 Å². The van der Waals surface area contributed by atoms with Crippen LogP contribution < -0.4 is 15.0 Å². The van der Waals surface area contributed by atoms with Crippen LogP contribution in [-0.2, 0) is 13.1 Å². The number of benzene rings is 2. The van der Waals surface area contributed by atoms with Crippen molar-refractivity contribution >= 4 is 11.6 Å². The highest BCUT2D eigenvalue weighted by molar-refractivity contribution is 5.80. The van der Waals surface area contributed by atoms with E-state index >= 15 is 0 Å². The first-order valence-electron chi connectivity index (χ1n) is 10.7. The maximum absolute atomic E-state index is 5.37. The van der Waals surface area contributed by atoms with Gasteiger partial charge in [0.05, 0.1) is 13.7 Å². The Kier molecular flexibility index (Phi) is 6.72. The molecule has 7 heteroatoms. The summed E-state index contributed by atoms with van der Waals surface area (Å²) in [6, 6.07) is 18.7. The maximum Gasteiger partial charge on any atom is 0.194 e. The standard InChI is InChI=1S/C24H30N6O/c1-25-24(26-18-20-7-3-4-8-21(20)19-30-12-6-11-27-30)29-15-13-28(14-16-29)22-9-5-10-23(17-22)31-2/h3-12,17H,13-16,18-19H2,1-2H3,(H,25,26). The third-order valence-corrected chi connectivity index (χ3v) is 5.66. The van der Waals surface area contributed by atoms with Crippen molar-refractivity contribution in [1.82, 2.24) is 20.0 Å². The molecule has 0 atom stereocenters. The molecule has 162 valence electrons. The molecular weight excluding hydrogens is 388 g/mol. The van der Waals surface area contributed by atoms with Gasteiger partial charge in [-0.15, -0.1) is 0 Å².